The van der Waals surface area contributed by atoms with Crippen molar-refractivity contribution in [2.45, 2.75) is 38.5 Å². The summed E-state index contributed by atoms with van der Waals surface area (Å²) in [6.07, 6.45) is 6.74. The van der Waals surface area contributed by atoms with E-state index >= 15 is 0 Å². The quantitative estimate of drug-likeness (QED) is 0.663. The zero-order valence-corrected chi connectivity index (χ0v) is 15.7. The number of sulfonamides is 1. The molecule has 2 aliphatic rings. The van der Waals surface area contributed by atoms with E-state index in [0.29, 0.717) is 18.2 Å². The largest absolute Gasteiger partial charge is 0.314 e. The van der Waals surface area contributed by atoms with Crippen LogP contribution in [0.1, 0.15) is 38.5 Å². The maximum atomic E-state index is 12.0. The van der Waals surface area contributed by atoms with Crippen LogP contribution in [0.25, 0.3) is 0 Å². The van der Waals surface area contributed by atoms with Crippen LogP contribution >= 0.6 is 24.8 Å². The lowest BCUT2D eigenvalue weighted by Crippen LogP contribution is -2.44. The van der Waals surface area contributed by atoms with Gasteiger partial charge in [-0.2, -0.15) is 0 Å². The van der Waals surface area contributed by atoms with Gasteiger partial charge in [0.05, 0.1) is 5.75 Å². The van der Waals surface area contributed by atoms with Gasteiger partial charge >= 0.3 is 0 Å². The smallest absolute Gasteiger partial charge is 0.211 e. The van der Waals surface area contributed by atoms with Gasteiger partial charge in [0, 0.05) is 32.7 Å². The predicted molar refractivity (Wildman–Crippen MR) is 96.8 cm³/mol. The van der Waals surface area contributed by atoms with E-state index in [2.05, 4.69) is 14.9 Å². The number of halogens is 2. The fraction of sp³-hybridized carbons (Fsp3) is 1.00. The molecule has 22 heavy (non-hydrogen) atoms. The van der Waals surface area contributed by atoms with E-state index < -0.39 is 10.0 Å². The fourth-order valence-electron chi connectivity index (χ4n) is 3.19. The molecule has 8 heteroatoms. The van der Waals surface area contributed by atoms with Crippen molar-refractivity contribution in [3.05, 3.63) is 0 Å². The molecule has 1 saturated carbocycles. The van der Waals surface area contributed by atoms with E-state index in [4.69, 9.17) is 0 Å². The van der Waals surface area contributed by atoms with Gasteiger partial charge in [0.2, 0.25) is 10.0 Å². The molecule has 0 atom stereocenters. The summed E-state index contributed by atoms with van der Waals surface area (Å²) in [5.74, 6) is 0.718. The molecular weight excluding hydrogens is 345 g/mol. The fourth-order valence-corrected chi connectivity index (χ4v) is 4.72. The maximum absolute atomic E-state index is 12.0. The van der Waals surface area contributed by atoms with Crippen LogP contribution in [0.4, 0.5) is 0 Å². The molecule has 1 aliphatic heterocycles. The number of hydrogen-bond donors (Lipinski definition) is 2. The topological polar surface area (TPSA) is 61.4 Å². The molecule has 0 amide bonds. The zero-order valence-electron chi connectivity index (χ0n) is 13.3. The lowest BCUT2D eigenvalue weighted by molar-refractivity contribution is 0.239. The van der Waals surface area contributed by atoms with Gasteiger partial charge in [-0.15, -0.1) is 24.8 Å². The Labute approximate surface area is 147 Å². The molecule has 1 heterocycles. The van der Waals surface area contributed by atoms with Gasteiger partial charge < -0.3 is 10.2 Å². The van der Waals surface area contributed by atoms with Crippen molar-refractivity contribution < 1.29 is 8.42 Å². The number of nitrogens with zero attached hydrogens (tertiary/aromatic N) is 1. The number of hydrogen-bond acceptors (Lipinski definition) is 4. The highest BCUT2D eigenvalue weighted by atomic mass is 35.5. The molecular formula is C14H31Cl2N3O2S. The van der Waals surface area contributed by atoms with E-state index in [1.165, 1.54) is 19.3 Å². The maximum Gasteiger partial charge on any atom is 0.211 e. The Bertz CT molecular complexity index is 370. The second-order valence-corrected chi connectivity index (χ2v) is 7.98. The predicted octanol–water partition coefficient (Wildman–Crippen LogP) is 1.62. The van der Waals surface area contributed by atoms with Gasteiger partial charge in [-0.25, -0.2) is 13.1 Å². The van der Waals surface area contributed by atoms with Crippen molar-refractivity contribution in [1.82, 2.24) is 14.9 Å². The SMILES string of the molecule is Cl.Cl.O=S(=O)(CC1CCCCC1)NCCCN1CCNCC1. The van der Waals surface area contributed by atoms with Crippen LogP contribution in [-0.2, 0) is 10.0 Å². The first kappa shape index (κ1) is 22.4. The first-order valence-electron chi connectivity index (χ1n) is 8.06. The van der Waals surface area contributed by atoms with Crippen LogP contribution < -0.4 is 10.0 Å². The standard InChI is InChI=1S/C14H29N3O2S.2ClH/c18-20(19,13-14-5-2-1-3-6-14)16-7-4-10-17-11-8-15-9-12-17;;/h14-16H,1-13H2;2*1H. The molecule has 2 fully saturated rings. The minimum atomic E-state index is -3.07. The van der Waals surface area contributed by atoms with Gasteiger partial charge in [0.1, 0.15) is 0 Å². The summed E-state index contributed by atoms with van der Waals surface area (Å²) in [5, 5.41) is 3.32. The molecule has 134 valence electrons. The van der Waals surface area contributed by atoms with Crippen molar-refractivity contribution in [2.24, 2.45) is 5.92 Å². The number of piperazine rings is 1. The Balaban J connectivity index is 0.00000220. The first-order valence-corrected chi connectivity index (χ1v) is 9.71. The summed E-state index contributed by atoms with van der Waals surface area (Å²) < 4.78 is 26.8. The molecule has 5 nitrogen and oxygen atoms in total. The molecule has 0 aromatic rings. The Hall–Kier alpha value is 0.410. The molecule has 0 unspecified atom stereocenters. The lowest BCUT2D eigenvalue weighted by atomic mass is 9.91. The third kappa shape index (κ3) is 8.89. The highest BCUT2D eigenvalue weighted by Crippen LogP contribution is 2.24. The average molecular weight is 376 g/mol. The van der Waals surface area contributed by atoms with E-state index in [1.54, 1.807) is 0 Å². The molecule has 0 spiro atoms. The molecule has 1 saturated heterocycles. The number of nitrogens with one attached hydrogen (secondary N) is 2. The minimum Gasteiger partial charge on any atom is -0.314 e. The van der Waals surface area contributed by atoms with E-state index in [-0.39, 0.29) is 24.8 Å². The van der Waals surface area contributed by atoms with Crippen LogP contribution in [0.15, 0.2) is 0 Å². The second-order valence-electron chi connectivity index (χ2n) is 6.12. The summed E-state index contributed by atoms with van der Waals surface area (Å²) in [4.78, 5) is 2.39. The molecule has 0 radical (unpaired) electrons. The summed E-state index contributed by atoms with van der Waals surface area (Å²) in [6.45, 7) is 5.83. The minimum absolute atomic E-state index is 0. The van der Waals surface area contributed by atoms with Crippen molar-refractivity contribution in [3.63, 3.8) is 0 Å². The molecule has 1 aliphatic carbocycles. The van der Waals surface area contributed by atoms with Crippen molar-refractivity contribution in [2.75, 3.05) is 45.0 Å². The Morgan fingerprint density at radius 2 is 1.68 bits per heavy atom. The summed E-state index contributed by atoms with van der Waals surface area (Å²) in [7, 11) is -3.07. The van der Waals surface area contributed by atoms with Crippen LogP contribution in [-0.4, -0.2) is 58.3 Å². The Morgan fingerprint density at radius 3 is 2.32 bits per heavy atom. The highest BCUT2D eigenvalue weighted by Gasteiger charge is 2.20. The van der Waals surface area contributed by atoms with Crippen LogP contribution in [0, 0.1) is 5.92 Å². The van der Waals surface area contributed by atoms with Gasteiger partial charge in [-0.1, -0.05) is 19.3 Å². The van der Waals surface area contributed by atoms with Gasteiger partial charge in [-0.05, 0) is 31.7 Å². The Morgan fingerprint density at radius 1 is 1.05 bits per heavy atom. The first-order chi connectivity index (χ1) is 9.66. The molecule has 2 N–H and O–H groups in total. The molecule has 0 bridgehead atoms. The number of rotatable bonds is 7. The van der Waals surface area contributed by atoms with Gasteiger partial charge in [0.15, 0.2) is 0 Å². The van der Waals surface area contributed by atoms with Crippen molar-refractivity contribution >= 4 is 34.8 Å². The lowest BCUT2D eigenvalue weighted by Gasteiger charge is -2.27. The van der Waals surface area contributed by atoms with Gasteiger partial charge in [0.25, 0.3) is 0 Å². The Kier molecular flexibility index (Phi) is 12.1. The van der Waals surface area contributed by atoms with E-state index in [0.717, 1.165) is 52.0 Å². The molecule has 2 rings (SSSR count). The monoisotopic (exact) mass is 375 g/mol. The van der Waals surface area contributed by atoms with Crippen LogP contribution in [0.5, 0.6) is 0 Å². The van der Waals surface area contributed by atoms with E-state index in [9.17, 15) is 8.42 Å². The summed E-state index contributed by atoms with van der Waals surface area (Å²) in [6, 6.07) is 0. The third-order valence-electron chi connectivity index (χ3n) is 4.36. The summed E-state index contributed by atoms with van der Waals surface area (Å²) in [5.41, 5.74) is 0. The van der Waals surface area contributed by atoms with Crippen LogP contribution in [0.3, 0.4) is 0 Å². The van der Waals surface area contributed by atoms with Crippen molar-refractivity contribution in [3.8, 4) is 0 Å². The highest BCUT2D eigenvalue weighted by molar-refractivity contribution is 7.89. The van der Waals surface area contributed by atoms with Crippen molar-refractivity contribution in [1.29, 1.82) is 0 Å². The van der Waals surface area contributed by atoms with E-state index in [1.807, 2.05) is 0 Å². The second kappa shape index (κ2) is 11.9. The van der Waals surface area contributed by atoms with Gasteiger partial charge in [-0.3, -0.25) is 0 Å². The average Bonchev–Trinajstić information content (AvgIpc) is 2.45. The summed E-state index contributed by atoms with van der Waals surface area (Å²) >= 11 is 0. The third-order valence-corrected chi connectivity index (χ3v) is 5.92. The molecule has 0 aromatic heterocycles. The normalized spacial score (nSPS) is 20.9. The molecule has 0 aromatic carbocycles. The zero-order chi connectivity index (χ0) is 14.3. The van der Waals surface area contributed by atoms with Crippen LogP contribution in [0.2, 0.25) is 0 Å².